The second-order valence-corrected chi connectivity index (χ2v) is 23.4. The van der Waals surface area contributed by atoms with Crippen LogP contribution in [-0.4, -0.2) is 17.2 Å². The molecular weight excluding hydrogens is 801 g/mol. The summed E-state index contributed by atoms with van der Waals surface area (Å²) in [5.41, 5.74) is 12.9. The van der Waals surface area contributed by atoms with Gasteiger partial charge in [0, 0.05) is 32.9 Å². The van der Waals surface area contributed by atoms with Gasteiger partial charge in [-0.05, 0) is 121 Å². The summed E-state index contributed by atoms with van der Waals surface area (Å²) in [4.78, 5) is 0. The van der Waals surface area contributed by atoms with Crippen LogP contribution in [0.5, 0.6) is 0 Å². The lowest BCUT2D eigenvalue weighted by atomic mass is 9.63. The van der Waals surface area contributed by atoms with E-state index in [0.29, 0.717) is 0 Å². The van der Waals surface area contributed by atoms with Gasteiger partial charge in [-0.25, -0.2) is 0 Å². The molecule has 0 N–H and O–H groups in total. The van der Waals surface area contributed by atoms with E-state index in [1.165, 1.54) is 111 Å². The summed E-state index contributed by atoms with van der Waals surface area (Å²) >= 11 is 0. The quantitative estimate of drug-likeness (QED) is 0.112. The van der Waals surface area contributed by atoms with Crippen molar-refractivity contribution in [3.05, 3.63) is 230 Å². The molecule has 0 radical (unpaired) electrons. The largest absolute Gasteiger partial charge is 0.309 e. The molecule has 12 rings (SSSR count). The van der Waals surface area contributed by atoms with E-state index in [1.807, 2.05) is 0 Å². The van der Waals surface area contributed by atoms with E-state index >= 15 is 0 Å². The smallest absolute Gasteiger partial charge is 0.179 e. The van der Waals surface area contributed by atoms with Crippen molar-refractivity contribution < 1.29 is 0 Å². The highest BCUT2D eigenvalue weighted by molar-refractivity contribution is 7.19. The number of benzene rings is 9. The fraction of sp³-hybridized carbons (Fsp3) is 0.129. The molecule has 0 spiro atoms. The van der Waals surface area contributed by atoms with Crippen LogP contribution in [0.1, 0.15) is 51.7 Å². The SMILES string of the molecule is CC1(C)CCC(C)(C)c2cc([Si](c3ccccc3)(c3ccccc3)c3ccc(-n4c5ccccc5c5cc(-c6ccc7c8ccccc8n(-c8ccccc8)c7c6)ccc54)cc3)ccc21. The molecule has 3 heteroatoms. The Morgan fingerprint density at radius 2 is 0.769 bits per heavy atom. The second-order valence-electron chi connectivity index (χ2n) is 19.6. The Kier molecular flexibility index (Phi) is 9.05. The Labute approximate surface area is 383 Å². The number of hydrogen-bond acceptors (Lipinski definition) is 0. The predicted octanol–water partition coefficient (Wildman–Crippen LogP) is 13.3. The monoisotopic (exact) mass is 852 g/mol. The van der Waals surface area contributed by atoms with Gasteiger partial charge in [0.05, 0.1) is 22.1 Å². The first kappa shape index (κ1) is 39.4. The molecule has 0 bridgehead atoms. The van der Waals surface area contributed by atoms with Gasteiger partial charge in [0.15, 0.2) is 8.07 Å². The van der Waals surface area contributed by atoms with E-state index in [9.17, 15) is 0 Å². The number of hydrogen-bond donors (Lipinski definition) is 0. The highest BCUT2D eigenvalue weighted by Crippen LogP contribution is 2.45. The van der Waals surface area contributed by atoms with Crippen LogP contribution in [0.25, 0.3) is 66.1 Å². The minimum absolute atomic E-state index is 0.101. The van der Waals surface area contributed by atoms with Crippen molar-refractivity contribution in [2.45, 2.75) is 51.4 Å². The number of aromatic nitrogens is 2. The number of fused-ring (bicyclic) bond motifs is 7. The molecule has 0 fully saturated rings. The van der Waals surface area contributed by atoms with Gasteiger partial charge < -0.3 is 9.13 Å². The van der Waals surface area contributed by atoms with Crippen LogP contribution < -0.4 is 20.7 Å². The first-order chi connectivity index (χ1) is 31.7. The third-order valence-corrected chi connectivity index (χ3v) is 19.7. The maximum atomic E-state index is 2.62. The van der Waals surface area contributed by atoms with E-state index in [0.717, 1.165) is 0 Å². The van der Waals surface area contributed by atoms with Crippen LogP contribution in [-0.2, 0) is 10.8 Å². The standard InChI is InChI=1S/C62H52N2Si/c1-61(2)38-39-62(3,4)56-42-50(34-36-55(56)61)65(47-20-10-6-11-21-47,48-22-12-7-13-23-48)49-32-30-46(31-33-49)63-58-27-17-15-25-52(58)54-40-43(29-37-59(54)63)44-28-35-53-51-24-14-16-26-57(51)64(60(53)41-44)45-18-8-5-9-19-45/h5-37,40-42H,38-39H2,1-4H3. The fourth-order valence-corrected chi connectivity index (χ4v) is 16.2. The first-order valence-electron chi connectivity index (χ1n) is 23.2. The van der Waals surface area contributed by atoms with Gasteiger partial charge in [-0.2, -0.15) is 0 Å². The van der Waals surface area contributed by atoms with Crippen molar-refractivity contribution in [1.29, 1.82) is 0 Å². The number of para-hydroxylation sites is 3. The van der Waals surface area contributed by atoms with Gasteiger partial charge in [0.2, 0.25) is 0 Å². The van der Waals surface area contributed by atoms with E-state index in [1.54, 1.807) is 0 Å². The molecule has 0 unspecified atom stereocenters. The molecule has 314 valence electrons. The Morgan fingerprint density at radius 1 is 0.323 bits per heavy atom. The summed E-state index contributed by atoms with van der Waals surface area (Å²) in [6, 6.07) is 82.4. The molecule has 0 aliphatic heterocycles. The van der Waals surface area contributed by atoms with E-state index in [-0.39, 0.29) is 10.8 Å². The number of nitrogens with zero attached hydrogens (tertiary/aromatic N) is 2. The molecule has 0 amide bonds. The minimum atomic E-state index is -2.80. The van der Waals surface area contributed by atoms with Crippen LogP contribution >= 0.6 is 0 Å². The molecule has 2 aromatic heterocycles. The highest BCUT2D eigenvalue weighted by atomic mass is 28.3. The Balaban J connectivity index is 1.02. The molecule has 1 aliphatic carbocycles. The van der Waals surface area contributed by atoms with Crippen LogP contribution in [0.15, 0.2) is 218 Å². The van der Waals surface area contributed by atoms with Crippen LogP contribution in [0, 0.1) is 0 Å². The van der Waals surface area contributed by atoms with Crippen molar-refractivity contribution in [3.63, 3.8) is 0 Å². The molecule has 9 aromatic carbocycles. The maximum Gasteiger partial charge on any atom is 0.179 e. The summed E-state index contributed by atoms with van der Waals surface area (Å²) in [7, 11) is -2.80. The average molecular weight is 853 g/mol. The van der Waals surface area contributed by atoms with Crippen LogP contribution in [0.4, 0.5) is 0 Å². The zero-order valence-corrected chi connectivity index (χ0v) is 38.6. The molecule has 2 heterocycles. The average Bonchev–Trinajstić information content (AvgIpc) is 3.87. The van der Waals surface area contributed by atoms with Gasteiger partial charge in [-0.3, -0.25) is 0 Å². The predicted molar refractivity (Wildman–Crippen MR) is 279 cm³/mol. The topological polar surface area (TPSA) is 9.86 Å². The Morgan fingerprint density at radius 3 is 1.42 bits per heavy atom. The summed E-state index contributed by atoms with van der Waals surface area (Å²) in [5.74, 6) is 0. The third kappa shape index (κ3) is 6.13. The maximum absolute atomic E-state index is 2.80. The normalized spacial score (nSPS) is 14.6. The highest BCUT2D eigenvalue weighted by Gasteiger charge is 2.44. The lowest BCUT2D eigenvalue weighted by Crippen LogP contribution is -2.74. The van der Waals surface area contributed by atoms with Gasteiger partial charge >= 0.3 is 0 Å². The molecule has 0 saturated heterocycles. The van der Waals surface area contributed by atoms with Crippen molar-refractivity contribution >= 4 is 72.4 Å². The zero-order chi connectivity index (χ0) is 43.9. The fourth-order valence-electron chi connectivity index (χ4n) is 11.5. The summed E-state index contributed by atoms with van der Waals surface area (Å²) < 4.78 is 4.87. The van der Waals surface area contributed by atoms with Gasteiger partial charge in [-0.15, -0.1) is 0 Å². The Hall–Kier alpha value is -7.20. The molecule has 0 saturated carbocycles. The summed E-state index contributed by atoms with van der Waals surface area (Å²) in [5, 5.41) is 10.7. The van der Waals surface area contributed by atoms with Gasteiger partial charge in [0.25, 0.3) is 0 Å². The lowest BCUT2D eigenvalue weighted by Gasteiger charge is -2.43. The Bertz CT molecular complexity index is 3540. The second kappa shape index (κ2) is 14.9. The molecular formula is C62H52N2Si. The van der Waals surface area contributed by atoms with Crippen molar-refractivity contribution in [1.82, 2.24) is 9.13 Å². The van der Waals surface area contributed by atoms with E-state index in [2.05, 4.69) is 255 Å². The molecule has 11 aromatic rings. The van der Waals surface area contributed by atoms with E-state index < -0.39 is 8.07 Å². The molecule has 65 heavy (non-hydrogen) atoms. The summed E-state index contributed by atoms with van der Waals surface area (Å²) in [6.45, 7) is 9.76. The molecule has 2 nitrogen and oxygen atoms in total. The van der Waals surface area contributed by atoms with Crippen molar-refractivity contribution in [3.8, 4) is 22.5 Å². The molecule has 0 atom stereocenters. The van der Waals surface area contributed by atoms with Crippen LogP contribution in [0.2, 0.25) is 0 Å². The minimum Gasteiger partial charge on any atom is -0.309 e. The van der Waals surface area contributed by atoms with Gasteiger partial charge in [0.1, 0.15) is 0 Å². The summed E-state index contributed by atoms with van der Waals surface area (Å²) in [6.07, 6.45) is 2.39. The van der Waals surface area contributed by atoms with Gasteiger partial charge in [-0.1, -0.05) is 191 Å². The van der Waals surface area contributed by atoms with Crippen molar-refractivity contribution in [2.24, 2.45) is 0 Å². The lowest BCUT2D eigenvalue weighted by molar-refractivity contribution is 0.332. The first-order valence-corrected chi connectivity index (χ1v) is 25.2. The van der Waals surface area contributed by atoms with Crippen molar-refractivity contribution in [2.75, 3.05) is 0 Å². The van der Waals surface area contributed by atoms with E-state index in [4.69, 9.17) is 0 Å². The third-order valence-electron chi connectivity index (χ3n) is 15.0. The van der Waals surface area contributed by atoms with Crippen LogP contribution in [0.3, 0.4) is 0 Å². The zero-order valence-electron chi connectivity index (χ0n) is 37.6. The molecule has 1 aliphatic rings. The number of rotatable bonds is 7.